The molecular weight excluding hydrogens is 831 g/mol. The second kappa shape index (κ2) is 17.9. The molecule has 0 saturated heterocycles. The third-order valence-corrected chi connectivity index (χ3v) is 13.1. The van der Waals surface area contributed by atoms with Crippen molar-refractivity contribution in [3.63, 3.8) is 0 Å². The zero-order chi connectivity index (χ0) is 47.4. The molecule has 1 aliphatic heterocycles. The number of anilines is 4. The normalized spacial score (nSPS) is 13.0. The Bertz CT molecular complexity index is 3320. The molecule has 5 nitrogen and oxygen atoms in total. The van der Waals surface area contributed by atoms with Crippen molar-refractivity contribution < 1.29 is 14.9 Å². The molecule has 67 heavy (non-hydrogen) atoms. The Balaban J connectivity index is 1.12. The summed E-state index contributed by atoms with van der Waals surface area (Å²) in [5.74, 6) is 0.251. The van der Waals surface area contributed by atoms with Gasteiger partial charge in [0.1, 0.15) is 35.6 Å². The zero-order valence-electron chi connectivity index (χ0n) is 40.2. The maximum Gasteiger partial charge on any atom is 0.137 e. The molecule has 0 saturated carbocycles. The van der Waals surface area contributed by atoms with E-state index in [1.165, 1.54) is 23.8 Å². The number of nitrogens with zero attached hydrogens (tertiary/aromatic N) is 4. The Morgan fingerprint density at radius 1 is 0.612 bits per heavy atom. The molecule has 7 aromatic carbocycles. The molecule has 1 aliphatic rings. The molecule has 9 aromatic rings. The highest BCUT2D eigenvalue weighted by atomic mass is 19.1. The van der Waals surface area contributed by atoms with Crippen LogP contribution in [-0.2, 0) is 6.42 Å². The Morgan fingerprint density at radius 2 is 1.28 bits per heavy atom. The van der Waals surface area contributed by atoms with E-state index in [1.807, 2.05) is 56.4 Å². The van der Waals surface area contributed by atoms with Gasteiger partial charge in [-0.05, 0) is 142 Å². The number of aryl methyl sites for hydroxylation is 1. The molecule has 0 radical (unpaired) electrons. The fourth-order valence-corrected chi connectivity index (χ4v) is 9.96. The predicted octanol–water partition coefficient (Wildman–Crippen LogP) is 17.2. The third-order valence-electron chi connectivity index (χ3n) is 13.1. The van der Waals surface area contributed by atoms with Crippen molar-refractivity contribution in [1.29, 1.82) is 0 Å². The highest BCUT2D eigenvalue weighted by molar-refractivity contribution is 6.09. The first-order chi connectivity index (χ1) is 32.8. The molecule has 7 heteroatoms. The molecule has 0 amide bonds. The van der Waals surface area contributed by atoms with Crippen LogP contribution in [0.3, 0.4) is 0 Å². The number of benzene rings is 7. The van der Waals surface area contributed by atoms with Crippen molar-refractivity contribution in [2.75, 3.05) is 16.5 Å². The lowest BCUT2D eigenvalue weighted by atomic mass is 9.87. The highest BCUT2D eigenvalue weighted by Gasteiger charge is 2.33. The van der Waals surface area contributed by atoms with Crippen LogP contribution in [0.5, 0.6) is 11.5 Å². The number of para-hydroxylation sites is 3. The minimum atomic E-state index is -0.871. The second-order valence-electron chi connectivity index (χ2n) is 18.6. The van der Waals surface area contributed by atoms with Gasteiger partial charge in [0.15, 0.2) is 0 Å². The molecule has 336 valence electrons. The van der Waals surface area contributed by atoms with Crippen LogP contribution >= 0.6 is 0 Å². The van der Waals surface area contributed by atoms with Crippen molar-refractivity contribution in [2.24, 2.45) is 0 Å². The molecule has 0 unspecified atom stereocenters. The summed E-state index contributed by atoms with van der Waals surface area (Å²) in [6, 6.07) is 50.0. The average Bonchev–Trinajstić information content (AvgIpc) is 3.87. The maximum atomic E-state index is 15.4. The number of halogens is 2. The number of rotatable bonds is 12. The summed E-state index contributed by atoms with van der Waals surface area (Å²) < 4.78 is 49.3. The van der Waals surface area contributed by atoms with Crippen LogP contribution in [0.2, 0.25) is 0 Å². The smallest absolute Gasteiger partial charge is 0.137 e. The lowest BCUT2D eigenvalue weighted by molar-refractivity contribution is 0.483. The summed E-state index contributed by atoms with van der Waals surface area (Å²) in [5, 5.41) is 2.25. The van der Waals surface area contributed by atoms with Gasteiger partial charge >= 0.3 is 0 Å². The SMILES string of the molecule is [2H]C(C)(C)c1ccccc1-c1cc(Oc2ccc3c4ccccc4n(-c4cc(CCC)ccn4)c3c2)cc(N2CN(c3c(C(C)C)cc(-c4c(F)cccc4F)cc3C(C)C)c3ccccc32)c1. The van der Waals surface area contributed by atoms with Gasteiger partial charge in [0.2, 0.25) is 0 Å². The van der Waals surface area contributed by atoms with E-state index >= 15 is 8.78 Å². The average molecular weight is 888 g/mol. The summed E-state index contributed by atoms with van der Waals surface area (Å²) in [7, 11) is 0. The van der Waals surface area contributed by atoms with Gasteiger partial charge in [0, 0.05) is 41.8 Å². The van der Waals surface area contributed by atoms with Gasteiger partial charge in [-0.2, -0.15) is 0 Å². The van der Waals surface area contributed by atoms with Gasteiger partial charge in [-0.25, -0.2) is 13.8 Å². The summed E-state index contributed by atoms with van der Waals surface area (Å²) in [4.78, 5) is 9.54. The first-order valence-electron chi connectivity index (χ1n) is 24.0. The van der Waals surface area contributed by atoms with Crippen molar-refractivity contribution >= 4 is 44.6 Å². The summed E-state index contributed by atoms with van der Waals surface area (Å²) in [6.45, 7) is 15.1. The Labute approximate surface area is 394 Å². The molecule has 10 rings (SSSR count). The van der Waals surface area contributed by atoms with Crippen molar-refractivity contribution in [1.82, 2.24) is 9.55 Å². The van der Waals surface area contributed by atoms with E-state index in [4.69, 9.17) is 9.72 Å². The van der Waals surface area contributed by atoms with E-state index in [-0.39, 0.29) is 17.4 Å². The minimum Gasteiger partial charge on any atom is -0.457 e. The summed E-state index contributed by atoms with van der Waals surface area (Å²) >= 11 is 0. The van der Waals surface area contributed by atoms with E-state index < -0.39 is 17.5 Å². The van der Waals surface area contributed by atoms with Crippen molar-refractivity contribution in [3.8, 4) is 39.6 Å². The van der Waals surface area contributed by atoms with Crippen LogP contribution in [0.4, 0.5) is 31.5 Å². The van der Waals surface area contributed by atoms with Crippen LogP contribution < -0.4 is 14.5 Å². The first kappa shape index (κ1) is 42.4. The fourth-order valence-electron chi connectivity index (χ4n) is 9.96. The van der Waals surface area contributed by atoms with E-state index in [9.17, 15) is 1.37 Å². The standard InChI is InChI=1S/C60H56F2N4O/c1-8-16-40-27-28-63-58(29-40)66-54-22-12-11-19-48(54)49-26-25-44(35-57(49)66)67-45-31-41(47-18-10-9-17-46(47)37(2)3)30-43(34-45)64-36-65(56-24-14-13-23-55(56)64)60-50(38(4)5)32-42(33-51(60)39(6)7)59-52(61)20-15-21-53(59)62/h9-15,17-35,37-39H,8,16,36H2,1-7H3/i37D. The van der Waals surface area contributed by atoms with Gasteiger partial charge in [-0.3, -0.25) is 4.57 Å². The second-order valence-corrected chi connectivity index (χ2v) is 18.6. The fraction of sp³-hybridized carbons (Fsp3) is 0.217. The van der Waals surface area contributed by atoms with Crippen LogP contribution in [-0.4, -0.2) is 16.2 Å². The number of hydrogen-bond acceptors (Lipinski definition) is 4. The monoisotopic (exact) mass is 887 g/mol. The van der Waals surface area contributed by atoms with Crippen LogP contribution in [0.15, 0.2) is 158 Å². The van der Waals surface area contributed by atoms with Gasteiger partial charge in [0.25, 0.3) is 0 Å². The van der Waals surface area contributed by atoms with E-state index in [0.29, 0.717) is 23.7 Å². The lowest BCUT2D eigenvalue weighted by Gasteiger charge is -2.30. The van der Waals surface area contributed by atoms with Gasteiger partial charge in [0.05, 0.1) is 28.0 Å². The Hall–Kier alpha value is -7.25. The third kappa shape index (κ3) is 8.00. The maximum absolute atomic E-state index is 15.4. The van der Waals surface area contributed by atoms with E-state index in [0.717, 1.165) is 91.0 Å². The molecular formula is C60H56F2N4O. The molecule has 0 spiro atoms. The first-order valence-corrected chi connectivity index (χ1v) is 23.5. The number of aromatic nitrogens is 2. The molecule has 0 atom stereocenters. The van der Waals surface area contributed by atoms with Crippen LogP contribution in [0, 0.1) is 11.6 Å². The molecule has 0 aliphatic carbocycles. The van der Waals surface area contributed by atoms with Gasteiger partial charge < -0.3 is 14.5 Å². The summed E-state index contributed by atoms with van der Waals surface area (Å²) in [6.07, 6.45) is 3.92. The molecule has 0 bridgehead atoms. The number of fused-ring (bicyclic) bond motifs is 4. The number of pyridine rings is 1. The van der Waals surface area contributed by atoms with Crippen LogP contribution in [0.25, 0.3) is 49.9 Å². The minimum absolute atomic E-state index is 0.00904. The molecule has 0 N–H and O–H groups in total. The predicted molar refractivity (Wildman–Crippen MR) is 274 cm³/mol. The highest BCUT2D eigenvalue weighted by Crippen LogP contribution is 2.51. The Kier molecular flexibility index (Phi) is 11.3. The number of ether oxygens (including phenoxy) is 1. The molecule has 3 heterocycles. The topological polar surface area (TPSA) is 33.5 Å². The molecule has 2 aromatic heterocycles. The quantitative estimate of drug-likeness (QED) is 0.122. The van der Waals surface area contributed by atoms with Crippen molar-refractivity contribution in [2.45, 2.75) is 79.0 Å². The number of hydrogen-bond donors (Lipinski definition) is 0. The largest absolute Gasteiger partial charge is 0.457 e. The molecule has 0 fully saturated rings. The zero-order valence-corrected chi connectivity index (χ0v) is 39.2. The van der Waals surface area contributed by atoms with Gasteiger partial charge in [-0.15, -0.1) is 0 Å². The van der Waals surface area contributed by atoms with Crippen LogP contribution in [0.1, 0.15) is 96.2 Å². The Morgan fingerprint density at radius 3 is 2.00 bits per heavy atom. The van der Waals surface area contributed by atoms with E-state index in [1.54, 1.807) is 0 Å². The summed E-state index contributed by atoms with van der Waals surface area (Å²) in [5.41, 5.74) is 12.6. The van der Waals surface area contributed by atoms with Gasteiger partial charge in [-0.1, -0.05) is 116 Å². The van der Waals surface area contributed by atoms with Crippen molar-refractivity contribution in [3.05, 3.63) is 192 Å². The van der Waals surface area contributed by atoms with E-state index in [2.05, 4.69) is 146 Å². The lowest BCUT2D eigenvalue weighted by Crippen LogP contribution is -2.26.